The van der Waals surface area contributed by atoms with E-state index in [2.05, 4.69) is 5.32 Å². The standard InChI is InChI=1S/C15H15N3O4/c16-15(13-6-3-7-21-13)14-8-17-11(9-22-14)10-4-1-2-5-12(10)18(19)20/h1-7,11,14,16-17H,8-9H2. The molecule has 0 aliphatic carbocycles. The molecule has 1 aliphatic rings. The molecule has 2 unspecified atom stereocenters. The van der Waals surface area contributed by atoms with Crippen molar-refractivity contribution in [2.45, 2.75) is 12.1 Å². The van der Waals surface area contributed by atoms with Crippen LogP contribution in [0.5, 0.6) is 0 Å². The molecule has 0 saturated carbocycles. The predicted octanol–water partition coefficient (Wildman–Crippen LogP) is 2.29. The van der Waals surface area contributed by atoms with Crippen LogP contribution >= 0.6 is 0 Å². The third kappa shape index (κ3) is 2.76. The summed E-state index contributed by atoms with van der Waals surface area (Å²) in [6.07, 6.45) is 1.08. The van der Waals surface area contributed by atoms with Crippen molar-refractivity contribution in [2.75, 3.05) is 13.2 Å². The van der Waals surface area contributed by atoms with Gasteiger partial charge in [-0.05, 0) is 12.1 Å². The molecule has 3 rings (SSSR count). The maximum atomic E-state index is 11.1. The van der Waals surface area contributed by atoms with E-state index in [1.807, 2.05) is 0 Å². The molecule has 1 saturated heterocycles. The monoisotopic (exact) mass is 301 g/mol. The van der Waals surface area contributed by atoms with Crippen molar-refractivity contribution >= 4 is 11.4 Å². The first kappa shape index (κ1) is 14.4. The van der Waals surface area contributed by atoms with Gasteiger partial charge in [0.15, 0.2) is 0 Å². The number of hydrogen-bond donors (Lipinski definition) is 2. The van der Waals surface area contributed by atoms with Gasteiger partial charge in [0, 0.05) is 18.2 Å². The minimum Gasteiger partial charge on any atom is -0.463 e. The van der Waals surface area contributed by atoms with E-state index < -0.39 is 11.0 Å². The fourth-order valence-corrected chi connectivity index (χ4v) is 2.50. The fraction of sp³-hybridized carbons (Fsp3) is 0.267. The molecule has 7 nitrogen and oxygen atoms in total. The third-order valence-corrected chi connectivity index (χ3v) is 3.63. The quantitative estimate of drug-likeness (QED) is 0.512. The summed E-state index contributed by atoms with van der Waals surface area (Å²) in [5, 5.41) is 22.3. The molecule has 114 valence electrons. The highest BCUT2D eigenvalue weighted by atomic mass is 16.6. The first-order valence-electron chi connectivity index (χ1n) is 6.87. The van der Waals surface area contributed by atoms with Crippen molar-refractivity contribution in [3.8, 4) is 0 Å². The van der Waals surface area contributed by atoms with Crippen molar-refractivity contribution < 1.29 is 14.1 Å². The summed E-state index contributed by atoms with van der Waals surface area (Å²) in [6, 6.07) is 9.77. The van der Waals surface area contributed by atoms with Crippen LogP contribution in [0.3, 0.4) is 0 Å². The largest absolute Gasteiger partial charge is 0.463 e. The molecule has 2 heterocycles. The number of nitrogens with zero attached hydrogens (tertiary/aromatic N) is 1. The second-order valence-corrected chi connectivity index (χ2v) is 4.99. The van der Waals surface area contributed by atoms with E-state index in [1.54, 1.807) is 30.3 Å². The number of benzene rings is 1. The Morgan fingerprint density at radius 3 is 2.77 bits per heavy atom. The van der Waals surface area contributed by atoms with Crippen LogP contribution in [0.25, 0.3) is 0 Å². The number of nitrogens with one attached hydrogen (secondary N) is 2. The van der Waals surface area contributed by atoms with E-state index in [0.717, 1.165) is 0 Å². The van der Waals surface area contributed by atoms with Gasteiger partial charge in [-0.15, -0.1) is 0 Å². The highest BCUT2D eigenvalue weighted by Crippen LogP contribution is 2.27. The topological polar surface area (TPSA) is 101 Å². The normalized spacial score (nSPS) is 21.5. The minimum absolute atomic E-state index is 0.0724. The molecule has 2 atom stereocenters. The molecule has 0 radical (unpaired) electrons. The average molecular weight is 301 g/mol. The zero-order chi connectivity index (χ0) is 15.5. The Kier molecular flexibility index (Phi) is 3.99. The molecule has 0 bridgehead atoms. The van der Waals surface area contributed by atoms with E-state index in [1.165, 1.54) is 12.3 Å². The van der Waals surface area contributed by atoms with Crippen molar-refractivity contribution in [3.63, 3.8) is 0 Å². The number of hydrogen-bond acceptors (Lipinski definition) is 6. The SMILES string of the molecule is N=C(c1ccco1)C1CNC(c2ccccc2[N+](=O)[O-])CO1. The van der Waals surface area contributed by atoms with Crippen LogP contribution < -0.4 is 5.32 Å². The zero-order valence-electron chi connectivity index (χ0n) is 11.7. The van der Waals surface area contributed by atoms with E-state index in [4.69, 9.17) is 14.6 Å². The van der Waals surface area contributed by atoms with Crippen LogP contribution in [0, 0.1) is 15.5 Å². The van der Waals surface area contributed by atoms with Gasteiger partial charge in [0.1, 0.15) is 17.6 Å². The molecule has 2 N–H and O–H groups in total. The second-order valence-electron chi connectivity index (χ2n) is 4.99. The van der Waals surface area contributed by atoms with E-state index in [-0.39, 0.29) is 24.0 Å². The molecule has 0 amide bonds. The fourth-order valence-electron chi connectivity index (χ4n) is 2.50. The molecule has 1 fully saturated rings. The van der Waals surface area contributed by atoms with Crippen molar-refractivity contribution in [1.29, 1.82) is 5.41 Å². The molecule has 1 aromatic carbocycles. The van der Waals surface area contributed by atoms with Gasteiger partial charge in [-0.3, -0.25) is 15.5 Å². The van der Waals surface area contributed by atoms with E-state index >= 15 is 0 Å². The van der Waals surface area contributed by atoms with Gasteiger partial charge in [-0.25, -0.2) is 0 Å². The molecule has 2 aromatic rings. The summed E-state index contributed by atoms with van der Waals surface area (Å²) in [6.45, 7) is 0.662. The van der Waals surface area contributed by atoms with Gasteiger partial charge in [0.05, 0.1) is 23.8 Å². The highest BCUT2D eigenvalue weighted by Gasteiger charge is 2.30. The van der Waals surface area contributed by atoms with Crippen molar-refractivity contribution in [2.24, 2.45) is 0 Å². The Morgan fingerprint density at radius 1 is 1.32 bits per heavy atom. The molecular weight excluding hydrogens is 286 g/mol. The number of nitro benzene ring substituents is 1. The van der Waals surface area contributed by atoms with Gasteiger partial charge in [-0.1, -0.05) is 18.2 Å². The van der Waals surface area contributed by atoms with Crippen molar-refractivity contribution in [3.05, 3.63) is 64.1 Å². The Morgan fingerprint density at radius 2 is 2.14 bits per heavy atom. The van der Waals surface area contributed by atoms with Gasteiger partial charge in [0.2, 0.25) is 0 Å². The van der Waals surface area contributed by atoms with Crippen LogP contribution in [-0.2, 0) is 4.74 Å². The molecule has 1 aromatic heterocycles. The van der Waals surface area contributed by atoms with E-state index in [9.17, 15) is 10.1 Å². The Hall–Kier alpha value is -2.51. The maximum Gasteiger partial charge on any atom is 0.274 e. The van der Waals surface area contributed by atoms with Crippen molar-refractivity contribution in [1.82, 2.24) is 5.32 Å². The molecule has 7 heteroatoms. The van der Waals surface area contributed by atoms with Gasteiger partial charge >= 0.3 is 0 Å². The Balaban J connectivity index is 1.70. The number of para-hydroxylation sites is 1. The first-order chi connectivity index (χ1) is 10.7. The average Bonchev–Trinajstić information content (AvgIpc) is 3.09. The van der Waals surface area contributed by atoms with Crippen LogP contribution in [0.2, 0.25) is 0 Å². The molecular formula is C15H15N3O4. The summed E-state index contributed by atoms with van der Waals surface area (Å²) < 4.78 is 10.9. The minimum atomic E-state index is -0.426. The van der Waals surface area contributed by atoms with Gasteiger partial charge in [0.25, 0.3) is 5.69 Å². The van der Waals surface area contributed by atoms with Crippen LogP contribution in [-0.4, -0.2) is 29.9 Å². The summed E-state index contributed by atoms with van der Waals surface area (Å²) in [4.78, 5) is 10.7. The van der Waals surface area contributed by atoms with Crippen LogP contribution in [0.15, 0.2) is 47.1 Å². The highest BCUT2D eigenvalue weighted by molar-refractivity contribution is 5.99. The van der Waals surface area contributed by atoms with Crippen LogP contribution in [0.1, 0.15) is 17.4 Å². The lowest BCUT2D eigenvalue weighted by Gasteiger charge is -2.30. The number of rotatable bonds is 4. The van der Waals surface area contributed by atoms with Crippen LogP contribution in [0.4, 0.5) is 5.69 Å². The lowest BCUT2D eigenvalue weighted by molar-refractivity contribution is -0.385. The number of nitro groups is 1. The van der Waals surface area contributed by atoms with E-state index in [0.29, 0.717) is 17.9 Å². The third-order valence-electron chi connectivity index (χ3n) is 3.63. The Bertz CT molecular complexity index is 676. The molecule has 22 heavy (non-hydrogen) atoms. The summed E-state index contributed by atoms with van der Waals surface area (Å²) in [5.74, 6) is 0.468. The smallest absolute Gasteiger partial charge is 0.274 e. The number of ether oxygens (including phenoxy) is 1. The molecule has 0 spiro atoms. The number of morpholine rings is 1. The lowest BCUT2D eigenvalue weighted by Crippen LogP contribution is -2.45. The maximum absolute atomic E-state index is 11.1. The summed E-state index contributed by atoms with van der Waals surface area (Å²) in [7, 11) is 0. The summed E-state index contributed by atoms with van der Waals surface area (Å²) in [5.41, 5.74) is 0.928. The van der Waals surface area contributed by atoms with Gasteiger partial charge < -0.3 is 14.5 Å². The first-order valence-corrected chi connectivity index (χ1v) is 6.87. The predicted molar refractivity (Wildman–Crippen MR) is 79.1 cm³/mol. The Labute approximate surface area is 126 Å². The molecule has 1 aliphatic heterocycles. The second kappa shape index (κ2) is 6.08. The zero-order valence-corrected chi connectivity index (χ0v) is 11.7. The lowest BCUT2D eigenvalue weighted by atomic mass is 10.0. The summed E-state index contributed by atoms with van der Waals surface area (Å²) >= 11 is 0. The van der Waals surface area contributed by atoms with Gasteiger partial charge in [-0.2, -0.15) is 0 Å². The number of furan rings is 1.